The van der Waals surface area contributed by atoms with E-state index in [0.717, 1.165) is 43.6 Å². The van der Waals surface area contributed by atoms with E-state index in [-0.39, 0.29) is 5.91 Å². The maximum atomic E-state index is 12.7. The zero-order valence-corrected chi connectivity index (χ0v) is 15.8. The van der Waals surface area contributed by atoms with E-state index < -0.39 is 0 Å². The van der Waals surface area contributed by atoms with Crippen molar-refractivity contribution in [2.45, 2.75) is 6.42 Å². The molecule has 1 amide bonds. The second-order valence-electron chi connectivity index (χ2n) is 5.99. The van der Waals surface area contributed by atoms with Crippen LogP contribution in [0.4, 0.5) is 0 Å². The summed E-state index contributed by atoms with van der Waals surface area (Å²) in [5.74, 6) is 0.0176. The Morgan fingerprint density at radius 1 is 1.04 bits per heavy atom. The Balaban J connectivity index is 1.53. The van der Waals surface area contributed by atoms with Crippen molar-refractivity contribution in [3.8, 4) is 0 Å². The number of hydrogen-bond donors (Lipinski definition) is 0. The third kappa shape index (κ3) is 4.38. The molecule has 126 valence electrons. The van der Waals surface area contributed by atoms with Gasteiger partial charge in [0, 0.05) is 37.2 Å². The standard InChI is InChI=1S/C19H20BrClN2O/c20-16-6-7-18(21)17(14-16)19(24)23-12-10-22(11-13-23)9-8-15-4-2-1-3-5-15/h1-7,14H,8-13H2. The molecule has 0 unspecified atom stereocenters. The van der Waals surface area contributed by atoms with E-state index in [1.165, 1.54) is 5.56 Å². The maximum absolute atomic E-state index is 12.7. The monoisotopic (exact) mass is 406 g/mol. The van der Waals surface area contributed by atoms with Crippen LogP contribution in [0.5, 0.6) is 0 Å². The highest BCUT2D eigenvalue weighted by Gasteiger charge is 2.23. The number of piperazine rings is 1. The lowest BCUT2D eigenvalue weighted by atomic mass is 10.1. The van der Waals surface area contributed by atoms with Gasteiger partial charge in [-0.25, -0.2) is 0 Å². The summed E-state index contributed by atoms with van der Waals surface area (Å²) in [5, 5.41) is 0.509. The fourth-order valence-corrected chi connectivity index (χ4v) is 3.50. The van der Waals surface area contributed by atoms with Gasteiger partial charge in [-0.3, -0.25) is 9.69 Å². The van der Waals surface area contributed by atoms with Gasteiger partial charge in [-0.05, 0) is 30.2 Å². The smallest absolute Gasteiger partial charge is 0.255 e. The lowest BCUT2D eigenvalue weighted by Crippen LogP contribution is -2.49. The summed E-state index contributed by atoms with van der Waals surface area (Å²) in [7, 11) is 0. The van der Waals surface area contributed by atoms with Crippen LogP contribution in [0.3, 0.4) is 0 Å². The summed E-state index contributed by atoms with van der Waals surface area (Å²) in [5.41, 5.74) is 1.93. The molecule has 0 atom stereocenters. The van der Waals surface area contributed by atoms with Crippen LogP contribution < -0.4 is 0 Å². The van der Waals surface area contributed by atoms with Crippen LogP contribution in [-0.4, -0.2) is 48.4 Å². The number of nitrogens with zero attached hydrogens (tertiary/aromatic N) is 2. The number of halogens is 2. The van der Waals surface area contributed by atoms with Crippen molar-refractivity contribution in [1.29, 1.82) is 0 Å². The van der Waals surface area contributed by atoms with E-state index >= 15 is 0 Å². The highest BCUT2D eigenvalue weighted by atomic mass is 79.9. The van der Waals surface area contributed by atoms with Crippen LogP contribution in [0.1, 0.15) is 15.9 Å². The molecule has 1 fully saturated rings. The molecule has 0 saturated carbocycles. The Labute approximate surface area is 156 Å². The second-order valence-corrected chi connectivity index (χ2v) is 7.32. The topological polar surface area (TPSA) is 23.6 Å². The van der Waals surface area contributed by atoms with Crippen molar-refractivity contribution in [3.05, 3.63) is 69.2 Å². The lowest BCUT2D eigenvalue weighted by Gasteiger charge is -2.35. The Morgan fingerprint density at radius 2 is 1.75 bits per heavy atom. The fourth-order valence-electron chi connectivity index (χ4n) is 2.94. The number of carbonyl (C=O) groups excluding carboxylic acids is 1. The second kappa shape index (κ2) is 8.15. The normalized spacial score (nSPS) is 15.5. The fraction of sp³-hybridized carbons (Fsp3) is 0.316. The van der Waals surface area contributed by atoms with Crippen molar-refractivity contribution in [1.82, 2.24) is 9.80 Å². The van der Waals surface area contributed by atoms with E-state index in [1.54, 1.807) is 12.1 Å². The van der Waals surface area contributed by atoms with Gasteiger partial charge in [0.1, 0.15) is 0 Å². The summed E-state index contributed by atoms with van der Waals surface area (Å²) in [6.45, 7) is 4.34. The summed E-state index contributed by atoms with van der Waals surface area (Å²) in [6, 6.07) is 15.9. The number of rotatable bonds is 4. The maximum Gasteiger partial charge on any atom is 0.255 e. The van der Waals surface area contributed by atoms with Gasteiger partial charge in [0.05, 0.1) is 10.6 Å². The van der Waals surface area contributed by atoms with Gasteiger partial charge in [-0.1, -0.05) is 57.9 Å². The molecule has 1 aliphatic rings. The Bertz CT molecular complexity index is 700. The predicted molar refractivity (Wildman–Crippen MR) is 102 cm³/mol. The molecular formula is C19H20BrClN2O. The average molecular weight is 408 g/mol. The molecule has 24 heavy (non-hydrogen) atoms. The van der Waals surface area contributed by atoms with Crippen LogP contribution >= 0.6 is 27.5 Å². The number of amides is 1. The van der Waals surface area contributed by atoms with Gasteiger partial charge in [0.2, 0.25) is 0 Å². The molecule has 1 heterocycles. The summed E-state index contributed by atoms with van der Waals surface area (Å²) in [4.78, 5) is 17.0. The van der Waals surface area contributed by atoms with E-state index in [0.29, 0.717) is 10.6 Å². The third-order valence-electron chi connectivity index (χ3n) is 4.38. The first-order valence-electron chi connectivity index (χ1n) is 8.14. The average Bonchev–Trinajstić information content (AvgIpc) is 2.63. The Hall–Kier alpha value is -1.36. The molecule has 0 aromatic heterocycles. The minimum absolute atomic E-state index is 0.0176. The number of hydrogen-bond acceptors (Lipinski definition) is 2. The van der Waals surface area contributed by atoms with Crippen molar-refractivity contribution < 1.29 is 4.79 Å². The molecular weight excluding hydrogens is 388 g/mol. The van der Waals surface area contributed by atoms with Crippen LogP contribution in [0, 0.1) is 0 Å². The first-order chi connectivity index (χ1) is 11.6. The molecule has 0 aliphatic carbocycles. The van der Waals surface area contributed by atoms with Gasteiger partial charge in [0.25, 0.3) is 5.91 Å². The quantitative estimate of drug-likeness (QED) is 0.762. The van der Waals surface area contributed by atoms with Crippen molar-refractivity contribution in [2.75, 3.05) is 32.7 Å². The minimum atomic E-state index is 0.0176. The summed E-state index contributed by atoms with van der Waals surface area (Å²) < 4.78 is 0.872. The SMILES string of the molecule is O=C(c1cc(Br)ccc1Cl)N1CCN(CCc2ccccc2)CC1. The Kier molecular flexibility index (Phi) is 5.93. The van der Waals surface area contributed by atoms with E-state index in [2.05, 4.69) is 45.1 Å². The molecule has 2 aromatic carbocycles. The van der Waals surface area contributed by atoms with Gasteiger partial charge in [-0.15, -0.1) is 0 Å². The largest absolute Gasteiger partial charge is 0.336 e. The molecule has 0 bridgehead atoms. The molecule has 3 nitrogen and oxygen atoms in total. The van der Waals surface area contributed by atoms with Crippen LogP contribution in [0.15, 0.2) is 53.0 Å². The first-order valence-corrected chi connectivity index (χ1v) is 9.31. The summed E-state index contributed by atoms with van der Waals surface area (Å²) >= 11 is 9.58. The molecule has 2 aromatic rings. The molecule has 0 N–H and O–H groups in total. The molecule has 1 aliphatic heterocycles. The highest BCUT2D eigenvalue weighted by molar-refractivity contribution is 9.10. The van der Waals surface area contributed by atoms with E-state index in [9.17, 15) is 4.79 Å². The molecule has 5 heteroatoms. The van der Waals surface area contributed by atoms with E-state index in [4.69, 9.17) is 11.6 Å². The van der Waals surface area contributed by atoms with Crippen LogP contribution in [0.25, 0.3) is 0 Å². The van der Waals surface area contributed by atoms with Crippen LogP contribution in [-0.2, 0) is 6.42 Å². The minimum Gasteiger partial charge on any atom is -0.336 e. The molecule has 0 spiro atoms. The Morgan fingerprint density at radius 3 is 2.46 bits per heavy atom. The van der Waals surface area contributed by atoms with Gasteiger partial charge in [0.15, 0.2) is 0 Å². The number of carbonyl (C=O) groups is 1. The summed E-state index contributed by atoms with van der Waals surface area (Å²) in [6.07, 6.45) is 1.05. The third-order valence-corrected chi connectivity index (χ3v) is 5.20. The van der Waals surface area contributed by atoms with Gasteiger partial charge >= 0.3 is 0 Å². The van der Waals surface area contributed by atoms with Gasteiger partial charge in [-0.2, -0.15) is 0 Å². The zero-order chi connectivity index (χ0) is 16.9. The van der Waals surface area contributed by atoms with E-state index in [1.807, 2.05) is 17.0 Å². The van der Waals surface area contributed by atoms with Crippen molar-refractivity contribution in [2.24, 2.45) is 0 Å². The first kappa shape index (κ1) is 17.5. The van der Waals surface area contributed by atoms with Gasteiger partial charge < -0.3 is 4.90 Å². The lowest BCUT2D eigenvalue weighted by molar-refractivity contribution is 0.0638. The molecule has 0 radical (unpaired) electrons. The molecule has 3 rings (SSSR count). The zero-order valence-electron chi connectivity index (χ0n) is 13.4. The van der Waals surface area contributed by atoms with Crippen molar-refractivity contribution in [3.63, 3.8) is 0 Å². The predicted octanol–water partition coefficient (Wildman–Crippen LogP) is 4.10. The van der Waals surface area contributed by atoms with Crippen molar-refractivity contribution >= 4 is 33.4 Å². The van der Waals surface area contributed by atoms with Crippen LogP contribution in [0.2, 0.25) is 5.02 Å². The number of benzene rings is 2. The molecule has 1 saturated heterocycles. The highest BCUT2D eigenvalue weighted by Crippen LogP contribution is 2.23.